The summed E-state index contributed by atoms with van der Waals surface area (Å²) in [5, 5.41) is 3.03. The van der Waals surface area contributed by atoms with Gasteiger partial charge in [-0.15, -0.1) is 0 Å². The second-order valence-corrected chi connectivity index (χ2v) is 23.3. The van der Waals surface area contributed by atoms with Crippen molar-refractivity contribution in [2.45, 2.75) is 270 Å². The van der Waals surface area contributed by atoms with Crippen LogP contribution in [0.15, 0.2) is 97.2 Å². The molecule has 0 radical (unpaired) electrons. The Balaban J connectivity index is 5.38. The maximum Gasteiger partial charge on any atom is 0.472 e. The number of hydrogen-bond donors (Lipinski definition) is 2. The molecule has 9 nitrogen and oxygen atoms in total. The number of nitrogens with zero attached hydrogens (tertiary/aromatic N) is 1. The van der Waals surface area contributed by atoms with Gasteiger partial charge in [0.2, 0.25) is 5.91 Å². The van der Waals surface area contributed by atoms with E-state index in [9.17, 15) is 19.0 Å². The molecule has 0 aliphatic carbocycles. The quantitative estimate of drug-likeness (QED) is 0.0205. The number of unbranched alkanes of at least 4 members (excludes halogenated alkanes) is 25. The van der Waals surface area contributed by atoms with Crippen LogP contribution in [0, 0.1) is 0 Å². The Morgan fingerprint density at radius 1 is 0.474 bits per heavy atom. The fourth-order valence-corrected chi connectivity index (χ4v) is 9.23. The number of esters is 1. The molecule has 438 valence electrons. The van der Waals surface area contributed by atoms with Crippen molar-refractivity contribution in [3.05, 3.63) is 97.2 Å². The van der Waals surface area contributed by atoms with Crippen molar-refractivity contribution in [2.24, 2.45) is 0 Å². The fourth-order valence-electron chi connectivity index (χ4n) is 8.49. The molecule has 76 heavy (non-hydrogen) atoms. The molecule has 0 saturated carbocycles. The monoisotopic (exact) mass is 1080 g/mol. The van der Waals surface area contributed by atoms with Crippen LogP contribution in [0.1, 0.15) is 258 Å². The summed E-state index contributed by atoms with van der Waals surface area (Å²) in [4.78, 5) is 37.7. The minimum Gasteiger partial charge on any atom is -0.456 e. The number of quaternary nitrogens is 1. The summed E-state index contributed by atoms with van der Waals surface area (Å²) in [5.41, 5.74) is 0. The number of carbonyl (C=O) groups excluding carboxylic acids is 2. The van der Waals surface area contributed by atoms with E-state index < -0.39 is 25.9 Å². The van der Waals surface area contributed by atoms with Crippen LogP contribution in [0.25, 0.3) is 0 Å². The minimum atomic E-state index is -4.47. The molecule has 0 bridgehead atoms. The number of amides is 1. The molecule has 1 amide bonds. The molecule has 0 aromatic heterocycles. The molecule has 0 saturated heterocycles. The summed E-state index contributed by atoms with van der Waals surface area (Å²) in [6.45, 7) is 6.84. The van der Waals surface area contributed by atoms with Crippen LogP contribution in [-0.4, -0.2) is 74.3 Å². The van der Waals surface area contributed by atoms with E-state index in [0.717, 1.165) is 83.5 Å². The van der Waals surface area contributed by atoms with Crippen molar-refractivity contribution in [2.75, 3.05) is 40.9 Å². The molecule has 0 rings (SSSR count). The third kappa shape index (κ3) is 55.7. The van der Waals surface area contributed by atoms with Crippen LogP contribution in [0.3, 0.4) is 0 Å². The highest BCUT2D eigenvalue weighted by Gasteiger charge is 2.30. The SMILES string of the molecule is CC/C=C\C/C=C\C/C=C\C/C=C\C/C=C\C/C=C\CCC(=O)OC(/C=C/CCCCCCCCCCCC)C(COP(=O)(O)OCC[N+](C)(C)C)NC(=O)CCCCCCCCCCC/C=C/CCCCCCCC. The van der Waals surface area contributed by atoms with Crippen LogP contribution in [-0.2, 0) is 27.9 Å². The predicted molar refractivity (Wildman–Crippen MR) is 327 cm³/mol. The number of phosphoric acid groups is 1. The zero-order valence-corrected chi connectivity index (χ0v) is 50.9. The van der Waals surface area contributed by atoms with Crippen molar-refractivity contribution < 1.29 is 37.3 Å². The number of allylic oxidation sites excluding steroid dienone is 15. The Hall–Kier alpha value is -3.07. The van der Waals surface area contributed by atoms with Gasteiger partial charge in [-0.2, -0.15) is 0 Å². The van der Waals surface area contributed by atoms with Gasteiger partial charge in [0, 0.05) is 12.8 Å². The van der Waals surface area contributed by atoms with E-state index in [1.54, 1.807) is 0 Å². The van der Waals surface area contributed by atoms with E-state index in [4.69, 9.17) is 13.8 Å². The molecule has 0 aromatic carbocycles. The van der Waals surface area contributed by atoms with Gasteiger partial charge in [-0.05, 0) is 96.0 Å². The lowest BCUT2D eigenvalue weighted by Crippen LogP contribution is -2.47. The zero-order valence-electron chi connectivity index (χ0n) is 50.0. The zero-order chi connectivity index (χ0) is 55.7. The smallest absolute Gasteiger partial charge is 0.456 e. The first-order valence-electron chi connectivity index (χ1n) is 31.1. The van der Waals surface area contributed by atoms with Crippen molar-refractivity contribution in [3.63, 3.8) is 0 Å². The molecule has 0 aliphatic heterocycles. The van der Waals surface area contributed by atoms with Gasteiger partial charge in [-0.3, -0.25) is 18.6 Å². The average Bonchev–Trinajstić information content (AvgIpc) is 3.38. The lowest BCUT2D eigenvalue weighted by molar-refractivity contribution is -0.870. The summed E-state index contributed by atoms with van der Waals surface area (Å²) in [6, 6.07) is -0.885. The van der Waals surface area contributed by atoms with E-state index >= 15 is 0 Å². The molecular formula is C66H118N2O7P+. The van der Waals surface area contributed by atoms with Crippen LogP contribution >= 0.6 is 7.82 Å². The standard InChI is InChI=1S/C66H117N2O7P/c1-7-10-13-16-19-22-25-28-30-32-34-36-38-40-43-46-49-52-55-58-65(69)67-63(62-74-76(71,72)73-61-60-68(4,5)6)64(57-54-51-48-45-42-27-24-21-18-15-12-9-3)75-66(70)59-56-53-50-47-44-41-39-37-35-33-31-29-26-23-20-17-14-11-8-2/h11,14,20,23,28-31,35,37,41,44,50,53-54,57,63-64H,7-10,12-13,15-19,21-22,24-27,32-34,36,38-40,42-43,45-49,51-52,55-56,58-62H2,1-6H3,(H-,67,69,71,72)/p+1/b14-11-,23-20-,30-28+,31-29-,37-35-,44-41-,53-50-,57-54+. The number of carbonyl (C=O) groups is 2. The number of phosphoric ester groups is 1. The van der Waals surface area contributed by atoms with Gasteiger partial charge in [0.1, 0.15) is 19.3 Å². The number of hydrogen-bond acceptors (Lipinski definition) is 6. The molecule has 2 N–H and O–H groups in total. The molecule has 3 atom stereocenters. The third-order valence-corrected chi connectivity index (χ3v) is 14.3. The van der Waals surface area contributed by atoms with Gasteiger partial charge < -0.3 is 19.4 Å². The van der Waals surface area contributed by atoms with Crippen LogP contribution in [0.5, 0.6) is 0 Å². The van der Waals surface area contributed by atoms with Gasteiger partial charge >= 0.3 is 13.8 Å². The van der Waals surface area contributed by atoms with Crippen molar-refractivity contribution in [3.8, 4) is 0 Å². The van der Waals surface area contributed by atoms with Gasteiger partial charge in [-0.25, -0.2) is 4.57 Å². The van der Waals surface area contributed by atoms with Gasteiger partial charge in [0.05, 0.1) is 33.8 Å². The second-order valence-electron chi connectivity index (χ2n) is 21.8. The topological polar surface area (TPSA) is 111 Å². The first kappa shape index (κ1) is 72.9. The van der Waals surface area contributed by atoms with Crippen molar-refractivity contribution >= 4 is 19.7 Å². The maximum atomic E-state index is 13.5. The van der Waals surface area contributed by atoms with E-state index in [1.165, 1.54) is 135 Å². The van der Waals surface area contributed by atoms with Crippen LogP contribution in [0.2, 0.25) is 0 Å². The Labute approximate surface area is 468 Å². The number of likely N-dealkylation sites (N-methyl/N-ethyl adjacent to an activating group) is 1. The van der Waals surface area contributed by atoms with Crippen LogP contribution < -0.4 is 5.32 Å². The highest BCUT2D eigenvalue weighted by Crippen LogP contribution is 2.43. The molecular weight excluding hydrogens is 964 g/mol. The van der Waals surface area contributed by atoms with E-state index in [-0.39, 0.29) is 25.5 Å². The lowest BCUT2D eigenvalue weighted by Gasteiger charge is -2.27. The summed E-state index contributed by atoms with van der Waals surface area (Å²) < 4.78 is 30.6. The predicted octanol–water partition coefficient (Wildman–Crippen LogP) is 19.2. The number of rotatable bonds is 55. The van der Waals surface area contributed by atoms with Gasteiger partial charge in [0.15, 0.2) is 0 Å². The number of nitrogens with one attached hydrogen (secondary N) is 1. The lowest BCUT2D eigenvalue weighted by atomic mass is 10.0. The van der Waals surface area contributed by atoms with E-state index in [1.807, 2.05) is 39.4 Å². The fraction of sp³-hybridized carbons (Fsp3) is 0.727. The van der Waals surface area contributed by atoms with E-state index in [0.29, 0.717) is 23.9 Å². The molecule has 0 spiro atoms. The molecule has 0 aliphatic rings. The molecule has 0 heterocycles. The summed E-state index contributed by atoms with van der Waals surface area (Å²) in [6.07, 6.45) is 74.2. The maximum absolute atomic E-state index is 13.5. The van der Waals surface area contributed by atoms with Crippen molar-refractivity contribution in [1.29, 1.82) is 0 Å². The van der Waals surface area contributed by atoms with E-state index in [2.05, 4.69) is 105 Å². The Morgan fingerprint density at radius 3 is 1.29 bits per heavy atom. The molecule has 10 heteroatoms. The Bertz CT molecular complexity index is 1620. The summed E-state index contributed by atoms with van der Waals surface area (Å²) >= 11 is 0. The highest BCUT2D eigenvalue weighted by molar-refractivity contribution is 7.47. The second kappa shape index (κ2) is 55.3. The third-order valence-electron chi connectivity index (χ3n) is 13.3. The van der Waals surface area contributed by atoms with Crippen molar-refractivity contribution in [1.82, 2.24) is 5.32 Å². The molecule has 3 unspecified atom stereocenters. The first-order chi connectivity index (χ1) is 36.9. The minimum absolute atomic E-state index is 0.0249. The van der Waals surface area contributed by atoms with Gasteiger partial charge in [-0.1, -0.05) is 247 Å². The van der Waals surface area contributed by atoms with Crippen LogP contribution in [0.4, 0.5) is 0 Å². The van der Waals surface area contributed by atoms with Gasteiger partial charge in [0.25, 0.3) is 0 Å². The highest BCUT2D eigenvalue weighted by atomic mass is 31.2. The molecule has 0 aromatic rings. The summed E-state index contributed by atoms with van der Waals surface area (Å²) in [5.74, 6) is -0.607. The Morgan fingerprint density at radius 2 is 0.855 bits per heavy atom. The first-order valence-corrected chi connectivity index (χ1v) is 32.6. The molecule has 0 fully saturated rings. The Kier molecular flexibility index (Phi) is 53.0. The number of ether oxygens (including phenoxy) is 1. The largest absolute Gasteiger partial charge is 0.472 e. The average molecular weight is 1080 g/mol. The normalized spacial score (nSPS) is 14.4. The summed E-state index contributed by atoms with van der Waals surface area (Å²) in [7, 11) is 1.45.